The van der Waals surface area contributed by atoms with Gasteiger partial charge in [-0.2, -0.15) is 13.5 Å². The molecular formula is C28H36N8O10S2. The number of anilines is 1. The number of nitrogen functional groups attached to an aromatic ring is 1. The summed E-state index contributed by atoms with van der Waals surface area (Å²) in [5, 5.41) is 18.4. The van der Waals surface area contributed by atoms with E-state index in [2.05, 4.69) is 24.7 Å². The number of β-lactam (4-membered cyclic amide) rings is 1. The van der Waals surface area contributed by atoms with E-state index in [0.717, 1.165) is 36.2 Å². The minimum atomic E-state index is -5.03. The van der Waals surface area contributed by atoms with Crippen LogP contribution in [0.2, 0.25) is 0 Å². The molecule has 2 fully saturated rings. The molecule has 0 radical (unpaired) electrons. The van der Waals surface area contributed by atoms with E-state index in [0.29, 0.717) is 28.6 Å². The Hall–Kier alpha value is -4.37. The van der Waals surface area contributed by atoms with E-state index < -0.39 is 57.2 Å². The number of hydrogen-bond acceptors (Lipinski definition) is 14. The molecule has 0 unspecified atom stereocenters. The van der Waals surface area contributed by atoms with Crippen molar-refractivity contribution in [1.82, 2.24) is 15.4 Å². The highest BCUT2D eigenvalue weighted by Gasteiger charge is 2.58. The number of amides is 2. The number of carbonyl (C=O) groups is 3. The molecule has 2 amide bonds. The molecule has 2 aromatic rings. The lowest BCUT2D eigenvalue weighted by molar-refractivity contribution is -0.218. The fourth-order valence-corrected chi connectivity index (χ4v) is 6.71. The SMILES string of the molecule is CC1(C)[C@H](NC(=O)/C(=N\O[C@](C)(C(=O)O)[C@H]2CCc3cc(C(N)=N[C@H]4CC[C@@H](N)C4)ccc3O2)c2csc(N)n2)C(=O)N1OS(=O)(=O)O. The zero-order chi connectivity index (χ0) is 35.2. The summed E-state index contributed by atoms with van der Waals surface area (Å²) in [6.45, 7) is 3.98. The quantitative estimate of drug-likeness (QED) is 0.0594. The molecule has 48 heavy (non-hydrogen) atoms. The summed E-state index contributed by atoms with van der Waals surface area (Å²) in [6.07, 6.45) is 2.07. The molecule has 1 saturated heterocycles. The fraction of sp³-hybridized carbons (Fsp3) is 0.500. The Bertz CT molecular complexity index is 1800. The molecule has 0 spiro atoms. The van der Waals surface area contributed by atoms with Gasteiger partial charge < -0.3 is 37.2 Å². The van der Waals surface area contributed by atoms with Crippen LogP contribution in [0.25, 0.3) is 0 Å². The number of nitrogens with zero attached hydrogens (tertiary/aromatic N) is 4. The van der Waals surface area contributed by atoms with Crippen molar-refractivity contribution in [3.05, 3.63) is 40.4 Å². The van der Waals surface area contributed by atoms with Crippen molar-refractivity contribution in [2.75, 3.05) is 5.73 Å². The average molecular weight is 709 g/mol. The maximum absolute atomic E-state index is 13.4. The number of nitrogens with two attached hydrogens (primary N) is 3. The number of carboxylic acids is 1. The molecule has 5 rings (SSSR count). The average Bonchev–Trinajstić information content (AvgIpc) is 3.64. The highest BCUT2D eigenvalue weighted by Crippen LogP contribution is 2.35. The summed E-state index contributed by atoms with van der Waals surface area (Å²) in [6, 6.07) is 4.09. The van der Waals surface area contributed by atoms with Crippen LogP contribution < -0.4 is 27.3 Å². The van der Waals surface area contributed by atoms with Gasteiger partial charge in [-0.05, 0) is 76.6 Å². The third-order valence-corrected chi connectivity index (χ3v) is 9.55. The van der Waals surface area contributed by atoms with E-state index in [1.807, 2.05) is 6.07 Å². The van der Waals surface area contributed by atoms with Crippen LogP contribution in [0.3, 0.4) is 0 Å². The second-order valence-electron chi connectivity index (χ2n) is 12.4. The molecule has 1 saturated carbocycles. The molecule has 5 atom stereocenters. The van der Waals surface area contributed by atoms with E-state index in [1.165, 1.54) is 26.2 Å². The molecule has 9 N–H and O–H groups in total. The molecule has 260 valence electrons. The number of aryl methyl sites for hydroxylation is 1. The Morgan fingerprint density at radius 1 is 1.27 bits per heavy atom. The van der Waals surface area contributed by atoms with E-state index in [4.69, 9.17) is 31.3 Å². The molecule has 3 heterocycles. The topological polar surface area (TPSA) is 284 Å². The van der Waals surface area contributed by atoms with Crippen molar-refractivity contribution in [1.29, 1.82) is 0 Å². The number of benzene rings is 1. The summed E-state index contributed by atoms with van der Waals surface area (Å²) in [4.78, 5) is 52.9. The van der Waals surface area contributed by atoms with E-state index >= 15 is 0 Å². The normalized spacial score (nSPS) is 25.4. The number of aliphatic imine (C=N–C) groups is 1. The molecule has 1 aliphatic carbocycles. The van der Waals surface area contributed by atoms with Crippen molar-refractivity contribution in [3.63, 3.8) is 0 Å². The number of fused-ring (bicyclic) bond motifs is 1. The first-order chi connectivity index (χ1) is 22.4. The summed E-state index contributed by atoms with van der Waals surface area (Å²) < 4.78 is 41.7. The van der Waals surface area contributed by atoms with Gasteiger partial charge in [-0.15, -0.1) is 15.6 Å². The number of hydroxylamine groups is 2. The van der Waals surface area contributed by atoms with Crippen LogP contribution in [0.1, 0.15) is 63.3 Å². The van der Waals surface area contributed by atoms with Crippen LogP contribution in [0.4, 0.5) is 5.13 Å². The predicted octanol–water partition coefficient (Wildman–Crippen LogP) is 0.108. The minimum absolute atomic E-state index is 0.0587. The zero-order valence-electron chi connectivity index (χ0n) is 26.2. The molecule has 18 nitrogen and oxygen atoms in total. The van der Waals surface area contributed by atoms with Crippen molar-refractivity contribution < 1.29 is 46.3 Å². The molecule has 3 aliphatic rings. The number of aromatic nitrogens is 1. The van der Waals surface area contributed by atoms with Gasteiger partial charge in [0, 0.05) is 17.0 Å². The first-order valence-electron chi connectivity index (χ1n) is 14.8. The maximum Gasteiger partial charge on any atom is 0.418 e. The fourth-order valence-electron chi connectivity index (χ4n) is 5.71. The number of nitrogens with one attached hydrogen (secondary N) is 1. The minimum Gasteiger partial charge on any atom is -0.485 e. The van der Waals surface area contributed by atoms with Gasteiger partial charge in [-0.25, -0.2) is 9.78 Å². The van der Waals surface area contributed by atoms with Gasteiger partial charge >= 0.3 is 16.4 Å². The third kappa shape index (κ3) is 7.06. The number of hydrogen-bond donors (Lipinski definition) is 6. The lowest BCUT2D eigenvalue weighted by Crippen LogP contribution is -2.76. The highest BCUT2D eigenvalue weighted by molar-refractivity contribution is 7.80. The second kappa shape index (κ2) is 12.9. The Kier molecular flexibility index (Phi) is 9.40. The Morgan fingerprint density at radius 3 is 2.58 bits per heavy atom. The number of thiazole rings is 1. The molecule has 1 aromatic heterocycles. The molecule has 1 aromatic carbocycles. The number of rotatable bonds is 11. The third-order valence-electron chi connectivity index (χ3n) is 8.53. The largest absolute Gasteiger partial charge is 0.485 e. The van der Waals surface area contributed by atoms with Crippen molar-refractivity contribution in [2.24, 2.45) is 21.6 Å². The Balaban J connectivity index is 1.35. The number of carbonyl (C=O) groups excluding carboxylic acids is 2. The lowest BCUT2D eigenvalue weighted by atomic mass is 9.84. The van der Waals surface area contributed by atoms with Crippen molar-refractivity contribution in [3.8, 4) is 5.75 Å². The molecule has 0 bridgehead atoms. The number of amidine groups is 1. The molecule has 20 heteroatoms. The van der Waals surface area contributed by atoms with E-state index in [9.17, 15) is 27.9 Å². The molecule has 2 aliphatic heterocycles. The van der Waals surface area contributed by atoms with Crippen LogP contribution in [0.5, 0.6) is 5.75 Å². The summed E-state index contributed by atoms with van der Waals surface area (Å²) >= 11 is 0.964. The highest BCUT2D eigenvalue weighted by atomic mass is 32.3. The van der Waals surface area contributed by atoms with Crippen molar-refractivity contribution in [2.45, 2.75) is 88.2 Å². The number of ether oxygens (including phenoxy) is 1. The Labute approximate surface area is 279 Å². The van der Waals surface area contributed by atoms with Gasteiger partial charge in [-0.1, -0.05) is 5.16 Å². The first-order valence-corrected chi connectivity index (χ1v) is 17.0. The first kappa shape index (κ1) is 35.0. The Morgan fingerprint density at radius 2 is 2.00 bits per heavy atom. The van der Waals surface area contributed by atoms with Gasteiger partial charge in [0.1, 0.15) is 23.3 Å². The van der Waals surface area contributed by atoms with Crippen molar-refractivity contribution >= 4 is 56.2 Å². The maximum atomic E-state index is 13.4. The van der Waals surface area contributed by atoms with E-state index in [-0.39, 0.29) is 29.3 Å². The monoisotopic (exact) mass is 708 g/mol. The van der Waals surface area contributed by atoms with Crippen LogP contribution in [-0.2, 0) is 40.3 Å². The van der Waals surface area contributed by atoms with Gasteiger partial charge in [0.15, 0.2) is 16.9 Å². The summed E-state index contributed by atoms with van der Waals surface area (Å²) in [7, 11) is -5.03. The smallest absolute Gasteiger partial charge is 0.418 e. The summed E-state index contributed by atoms with van der Waals surface area (Å²) in [5.41, 5.74) is 15.4. The number of oxime groups is 1. The van der Waals surface area contributed by atoms with Gasteiger partial charge in [0.25, 0.3) is 17.4 Å². The van der Waals surface area contributed by atoms with Gasteiger partial charge in [-0.3, -0.25) is 19.1 Å². The van der Waals surface area contributed by atoms with Gasteiger partial charge in [0.05, 0.1) is 11.6 Å². The standard InChI is InChI=1S/C28H36N8O10S2/c1-27(2)21(24(38)36(27)46-48(41,42)43)34-23(37)20(17-12-47-26(31)33-17)35-45-28(3,25(39)40)19-9-5-13-10-14(4-8-18(13)44-19)22(30)32-16-7-6-15(29)11-16/h4,8,10,12,15-16,19,21H,5-7,9,11,29H2,1-3H3,(H2,30,32)(H2,31,33)(H,34,37)(H,39,40)(H,41,42,43)/b35-20-/t15-,16+,19-,21-,28+/m1/s1. The predicted molar refractivity (Wildman–Crippen MR) is 171 cm³/mol. The number of aliphatic carboxylic acids is 1. The van der Waals surface area contributed by atoms with Crippen LogP contribution in [0, 0.1) is 0 Å². The van der Waals surface area contributed by atoms with Gasteiger partial charge in [0.2, 0.25) is 0 Å². The number of carboxylic acid groups (broad SMARTS) is 1. The van der Waals surface area contributed by atoms with E-state index in [1.54, 1.807) is 12.1 Å². The second-order valence-corrected chi connectivity index (χ2v) is 14.3. The van der Waals surface area contributed by atoms with Crippen LogP contribution in [-0.4, -0.2) is 92.8 Å². The zero-order valence-corrected chi connectivity index (χ0v) is 27.8. The van der Waals surface area contributed by atoms with Crippen LogP contribution >= 0.6 is 11.3 Å². The van der Waals surface area contributed by atoms with Crippen LogP contribution in [0.15, 0.2) is 33.7 Å². The summed E-state index contributed by atoms with van der Waals surface area (Å²) in [5.74, 6) is -2.65. The lowest BCUT2D eigenvalue weighted by Gasteiger charge is -2.50. The molecular weight excluding hydrogens is 672 g/mol.